The minimum atomic E-state index is -0.353. The summed E-state index contributed by atoms with van der Waals surface area (Å²) < 4.78 is 2.75. The summed E-state index contributed by atoms with van der Waals surface area (Å²) in [4.78, 5) is 32.8. The summed E-state index contributed by atoms with van der Waals surface area (Å²) in [6, 6.07) is 20.3. The normalized spacial score (nSPS) is 14.1. The van der Waals surface area contributed by atoms with Gasteiger partial charge in [0, 0.05) is 30.9 Å². The zero-order valence-electron chi connectivity index (χ0n) is 20.1. The van der Waals surface area contributed by atoms with Crippen LogP contribution in [-0.4, -0.2) is 37.7 Å². The number of fused-ring (bicyclic) bond motifs is 2. The smallest absolute Gasteiger partial charge is 0.352 e. The molecule has 3 heterocycles. The number of nitrogens with one attached hydrogen (secondary N) is 1. The highest BCUT2D eigenvalue weighted by Crippen LogP contribution is 2.23. The Morgan fingerprint density at radius 1 is 1.09 bits per heavy atom. The first-order valence-electron chi connectivity index (χ1n) is 12.1. The third-order valence-corrected chi connectivity index (χ3v) is 6.50. The van der Waals surface area contributed by atoms with E-state index in [2.05, 4.69) is 50.6 Å². The van der Waals surface area contributed by atoms with Crippen LogP contribution >= 0.6 is 0 Å². The van der Waals surface area contributed by atoms with Gasteiger partial charge < -0.3 is 10.2 Å². The fraction of sp³-hybridized carbons (Fsp3) is 0.333. The van der Waals surface area contributed by atoms with Crippen LogP contribution < -0.4 is 15.9 Å². The predicted octanol–water partition coefficient (Wildman–Crippen LogP) is 2.90. The molecule has 4 aromatic rings. The second kappa shape index (κ2) is 9.74. The Kier molecular flexibility index (Phi) is 6.35. The van der Waals surface area contributed by atoms with Gasteiger partial charge in [0.25, 0.3) is 0 Å². The maximum Gasteiger partial charge on any atom is 0.353 e. The number of carbonyl (C=O) groups is 1. The van der Waals surface area contributed by atoms with Gasteiger partial charge in [-0.15, -0.1) is 5.10 Å². The van der Waals surface area contributed by atoms with Gasteiger partial charge in [-0.1, -0.05) is 54.6 Å². The Morgan fingerprint density at radius 3 is 2.63 bits per heavy atom. The lowest BCUT2D eigenvalue weighted by Gasteiger charge is -2.29. The van der Waals surface area contributed by atoms with Gasteiger partial charge in [0.15, 0.2) is 5.65 Å². The summed E-state index contributed by atoms with van der Waals surface area (Å²) in [5.74, 6) is 0.344. The van der Waals surface area contributed by atoms with E-state index in [1.807, 2.05) is 38.1 Å². The minimum Gasteiger partial charge on any atom is -0.352 e. The van der Waals surface area contributed by atoms with Crippen molar-refractivity contribution in [3.63, 3.8) is 0 Å². The van der Waals surface area contributed by atoms with Crippen LogP contribution in [0.2, 0.25) is 0 Å². The molecule has 1 atom stereocenters. The Bertz CT molecular complexity index is 1410. The molecule has 1 amide bonds. The van der Waals surface area contributed by atoms with Crippen LogP contribution in [0, 0.1) is 6.92 Å². The molecule has 2 aromatic carbocycles. The highest BCUT2D eigenvalue weighted by Gasteiger charge is 2.23. The molecule has 8 nitrogen and oxygen atoms in total. The fourth-order valence-corrected chi connectivity index (χ4v) is 4.67. The Hall–Kier alpha value is -3.94. The maximum absolute atomic E-state index is 13.3. The van der Waals surface area contributed by atoms with Gasteiger partial charge in [0.2, 0.25) is 11.9 Å². The van der Waals surface area contributed by atoms with E-state index in [0.717, 1.165) is 31.5 Å². The lowest BCUT2D eigenvalue weighted by atomic mass is 10.0. The summed E-state index contributed by atoms with van der Waals surface area (Å²) in [6.07, 6.45) is 2.59. The molecule has 8 heteroatoms. The van der Waals surface area contributed by atoms with E-state index in [0.29, 0.717) is 18.1 Å². The number of hydrogen-bond acceptors (Lipinski definition) is 5. The zero-order valence-corrected chi connectivity index (χ0v) is 20.1. The number of anilines is 1. The summed E-state index contributed by atoms with van der Waals surface area (Å²) in [5, 5.41) is 7.45. The third-order valence-electron chi connectivity index (χ3n) is 6.50. The molecule has 0 saturated heterocycles. The third kappa shape index (κ3) is 4.96. The Morgan fingerprint density at radius 2 is 1.83 bits per heavy atom. The van der Waals surface area contributed by atoms with E-state index in [1.165, 1.54) is 25.8 Å². The molecule has 0 unspecified atom stereocenters. The van der Waals surface area contributed by atoms with Gasteiger partial charge in [-0.25, -0.2) is 18.9 Å². The van der Waals surface area contributed by atoms with Gasteiger partial charge in [0.05, 0.1) is 0 Å². The quantitative estimate of drug-likeness (QED) is 0.449. The van der Waals surface area contributed by atoms with E-state index in [4.69, 9.17) is 0 Å². The molecule has 1 aliphatic rings. The average molecular weight is 471 g/mol. The Balaban J connectivity index is 1.32. The molecular weight excluding hydrogens is 440 g/mol. The first-order chi connectivity index (χ1) is 17.0. The second-order valence-electron chi connectivity index (χ2n) is 9.26. The first kappa shape index (κ1) is 22.8. The highest BCUT2D eigenvalue weighted by molar-refractivity contribution is 5.76. The average Bonchev–Trinajstić information content (AvgIpc) is 3.16. The molecule has 2 aromatic heterocycles. The molecule has 0 saturated carbocycles. The second-order valence-corrected chi connectivity index (χ2v) is 9.26. The highest BCUT2D eigenvalue weighted by atomic mass is 16.2. The Labute approximate surface area is 204 Å². The molecule has 0 radical (unpaired) electrons. The van der Waals surface area contributed by atoms with Crippen molar-refractivity contribution in [2.45, 2.75) is 52.2 Å². The van der Waals surface area contributed by atoms with Crippen molar-refractivity contribution >= 4 is 17.5 Å². The van der Waals surface area contributed by atoms with Crippen LogP contribution in [0.5, 0.6) is 0 Å². The van der Waals surface area contributed by atoms with Crippen LogP contribution in [0.25, 0.3) is 5.65 Å². The van der Waals surface area contributed by atoms with E-state index >= 15 is 0 Å². The SMILES string of the molecule is Cc1cc2nn(CC(=O)N[C@@H](C)CCc3ccccc3)c(=O)n2c(N2CCc3ccccc3C2)n1. The van der Waals surface area contributed by atoms with Crippen LogP contribution in [0.4, 0.5) is 5.95 Å². The van der Waals surface area contributed by atoms with Crippen LogP contribution in [0.15, 0.2) is 65.5 Å². The number of aryl methyl sites for hydroxylation is 2. The van der Waals surface area contributed by atoms with E-state index in [1.54, 1.807) is 6.07 Å². The number of rotatable bonds is 7. The van der Waals surface area contributed by atoms with Gasteiger partial charge in [-0.05, 0) is 49.8 Å². The van der Waals surface area contributed by atoms with Crippen molar-refractivity contribution in [3.8, 4) is 0 Å². The van der Waals surface area contributed by atoms with Crippen molar-refractivity contribution in [1.82, 2.24) is 24.5 Å². The molecule has 0 spiro atoms. The van der Waals surface area contributed by atoms with Crippen LogP contribution in [0.1, 0.15) is 35.7 Å². The standard InChI is InChI=1S/C27H30N6O2/c1-19(12-13-21-8-4-3-5-9-21)28-25(34)18-32-27(35)33-24(30-32)16-20(2)29-26(33)31-15-14-22-10-6-7-11-23(22)17-31/h3-11,16,19H,12-15,17-18H2,1-2H3,(H,28,34)/t19-/m0/s1. The first-order valence-corrected chi connectivity index (χ1v) is 12.1. The van der Waals surface area contributed by atoms with Gasteiger partial charge in [-0.2, -0.15) is 0 Å². The van der Waals surface area contributed by atoms with Crippen molar-refractivity contribution in [2.24, 2.45) is 0 Å². The van der Waals surface area contributed by atoms with E-state index < -0.39 is 0 Å². The van der Waals surface area contributed by atoms with Crippen molar-refractivity contribution in [1.29, 1.82) is 0 Å². The van der Waals surface area contributed by atoms with Gasteiger partial charge in [0.1, 0.15) is 6.54 Å². The molecule has 0 fully saturated rings. The van der Waals surface area contributed by atoms with Gasteiger partial charge in [-0.3, -0.25) is 4.79 Å². The minimum absolute atomic E-state index is 0.0108. The lowest BCUT2D eigenvalue weighted by Crippen LogP contribution is -2.38. The summed E-state index contributed by atoms with van der Waals surface area (Å²) in [7, 11) is 0. The van der Waals surface area contributed by atoms with Crippen LogP contribution in [0.3, 0.4) is 0 Å². The summed E-state index contributed by atoms with van der Waals surface area (Å²) in [5.41, 5.74) is 4.73. The van der Waals surface area contributed by atoms with E-state index in [9.17, 15) is 9.59 Å². The number of aromatic nitrogens is 4. The number of benzene rings is 2. The van der Waals surface area contributed by atoms with Gasteiger partial charge >= 0.3 is 5.69 Å². The molecule has 35 heavy (non-hydrogen) atoms. The molecule has 0 bridgehead atoms. The largest absolute Gasteiger partial charge is 0.353 e. The molecule has 1 aliphatic heterocycles. The fourth-order valence-electron chi connectivity index (χ4n) is 4.67. The number of amides is 1. The van der Waals surface area contributed by atoms with Crippen molar-refractivity contribution in [3.05, 3.63) is 93.5 Å². The summed E-state index contributed by atoms with van der Waals surface area (Å²) >= 11 is 0. The van der Waals surface area contributed by atoms with E-state index in [-0.39, 0.29) is 24.2 Å². The van der Waals surface area contributed by atoms with Crippen molar-refractivity contribution < 1.29 is 4.79 Å². The topological polar surface area (TPSA) is 84.5 Å². The predicted molar refractivity (Wildman–Crippen MR) is 136 cm³/mol. The maximum atomic E-state index is 13.3. The molecular formula is C27H30N6O2. The van der Waals surface area contributed by atoms with Crippen LogP contribution in [-0.2, 0) is 30.7 Å². The zero-order chi connectivity index (χ0) is 24.4. The monoisotopic (exact) mass is 470 g/mol. The molecule has 180 valence electrons. The number of nitrogens with zero attached hydrogens (tertiary/aromatic N) is 5. The lowest BCUT2D eigenvalue weighted by molar-refractivity contribution is -0.122. The molecule has 5 rings (SSSR count). The molecule has 1 N–H and O–H groups in total. The number of hydrogen-bond donors (Lipinski definition) is 1. The van der Waals surface area contributed by atoms with Crippen molar-refractivity contribution in [2.75, 3.05) is 11.4 Å². The molecule has 0 aliphatic carbocycles. The number of carbonyl (C=O) groups excluding carboxylic acids is 1. The summed E-state index contributed by atoms with van der Waals surface area (Å²) in [6.45, 7) is 5.19.